The fourth-order valence-electron chi connectivity index (χ4n) is 3.33. The minimum Gasteiger partial charge on any atom is -0.329 e. The van der Waals surface area contributed by atoms with E-state index < -0.39 is 0 Å². The van der Waals surface area contributed by atoms with E-state index in [1.165, 1.54) is 11.3 Å². The Labute approximate surface area is 150 Å². The Morgan fingerprint density at radius 2 is 2.16 bits per heavy atom. The van der Waals surface area contributed by atoms with Crippen LogP contribution in [0.3, 0.4) is 0 Å². The number of imidazole rings is 1. The fraction of sp³-hybridized carbons (Fsp3) is 0.333. The lowest BCUT2D eigenvalue weighted by molar-refractivity contribution is 0.0737. The Balaban J connectivity index is 1.66. The Morgan fingerprint density at radius 1 is 1.28 bits per heavy atom. The summed E-state index contributed by atoms with van der Waals surface area (Å²) in [5.41, 5.74) is 3.46. The van der Waals surface area contributed by atoms with Crippen molar-refractivity contribution in [1.29, 1.82) is 0 Å². The summed E-state index contributed by atoms with van der Waals surface area (Å²) in [5.74, 6) is 1.79. The number of likely N-dealkylation sites (tertiary alicyclic amines) is 1. The Hall–Kier alpha value is -2.54. The summed E-state index contributed by atoms with van der Waals surface area (Å²) in [7, 11) is 0. The first-order valence-corrected chi connectivity index (χ1v) is 9.21. The predicted molar refractivity (Wildman–Crippen MR) is 96.0 cm³/mol. The number of hydrogen-bond acceptors (Lipinski definition) is 5. The van der Waals surface area contributed by atoms with Gasteiger partial charge in [-0.3, -0.25) is 9.36 Å². The van der Waals surface area contributed by atoms with Gasteiger partial charge in [-0.05, 0) is 38.8 Å². The SMILES string of the molecule is Cc1ncsc1C(=O)N1CCCC1c1cccc(-n2ccnc2C)n1. The zero-order valence-electron chi connectivity index (χ0n) is 14.2. The molecule has 1 saturated heterocycles. The molecule has 0 saturated carbocycles. The number of amides is 1. The third-order valence-corrected chi connectivity index (χ3v) is 5.54. The largest absolute Gasteiger partial charge is 0.329 e. The highest BCUT2D eigenvalue weighted by Gasteiger charge is 2.33. The molecule has 0 aliphatic carbocycles. The van der Waals surface area contributed by atoms with E-state index in [-0.39, 0.29) is 11.9 Å². The van der Waals surface area contributed by atoms with Crippen molar-refractivity contribution >= 4 is 17.2 Å². The summed E-state index contributed by atoms with van der Waals surface area (Å²) in [6.07, 6.45) is 5.59. The number of hydrogen-bond donors (Lipinski definition) is 0. The average Bonchev–Trinajstić information content (AvgIpc) is 3.35. The van der Waals surface area contributed by atoms with Crippen molar-refractivity contribution in [2.45, 2.75) is 32.7 Å². The summed E-state index contributed by atoms with van der Waals surface area (Å²) < 4.78 is 1.96. The molecule has 128 valence electrons. The van der Waals surface area contributed by atoms with Gasteiger partial charge >= 0.3 is 0 Å². The highest BCUT2D eigenvalue weighted by Crippen LogP contribution is 2.33. The lowest BCUT2D eigenvalue weighted by Gasteiger charge is -2.24. The minimum atomic E-state index is 0.0118. The molecule has 4 rings (SSSR count). The topological polar surface area (TPSA) is 63.9 Å². The number of carbonyl (C=O) groups excluding carboxylic acids is 1. The van der Waals surface area contributed by atoms with Crippen molar-refractivity contribution in [2.24, 2.45) is 0 Å². The molecule has 6 nitrogen and oxygen atoms in total. The van der Waals surface area contributed by atoms with Gasteiger partial charge in [-0.15, -0.1) is 11.3 Å². The Bertz CT molecular complexity index is 916. The molecule has 1 amide bonds. The van der Waals surface area contributed by atoms with Crippen LogP contribution in [0.4, 0.5) is 0 Å². The molecule has 0 N–H and O–H groups in total. The molecule has 1 aliphatic rings. The van der Waals surface area contributed by atoms with Crippen molar-refractivity contribution in [3.8, 4) is 5.82 Å². The second-order valence-electron chi connectivity index (χ2n) is 6.19. The first-order chi connectivity index (χ1) is 12.1. The van der Waals surface area contributed by atoms with Gasteiger partial charge in [0.25, 0.3) is 5.91 Å². The number of rotatable bonds is 3. The summed E-state index contributed by atoms with van der Waals surface area (Å²) in [4.78, 5) is 28.9. The van der Waals surface area contributed by atoms with Crippen LogP contribution >= 0.6 is 11.3 Å². The number of aromatic nitrogens is 4. The molecule has 1 unspecified atom stereocenters. The third kappa shape index (κ3) is 2.84. The van der Waals surface area contributed by atoms with E-state index in [1.54, 1.807) is 11.7 Å². The van der Waals surface area contributed by atoms with Crippen molar-refractivity contribution in [3.63, 3.8) is 0 Å². The van der Waals surface area contributed by atoms with E-state index in [0.29, 0.717) is 0 Å². The number of carbonyl (C=O) groups is 1. The van der Waals surface area contributed by atoms with Gasteiger partial charge in [0.1, 0.15) is 16.5 Å². The van der Waals surface area contributed by atoms with E-state index in [9.17, 15) is 4.79 Å². The number of thiazole rings is 1. The van der Waals surface area contributed by atoms with Gasteiger partial charge in [0.05, 0.1) is 22.9 Å². The summed E-state index contributed by atoms with van der Waals surface area (Å²) >= 11 is 1.41. The van der Waals surface area contributed by atoms with Crippen molar-refractivity contribution in [3.05, 3.63) is 58.2 Å². The molecular formula is C18H19N5OS. The monoisotopic (exact) mass is 353 g/mol. The van der Waals surface area contributed by atoms with Crippen LogP contribution in [0.2, 0.25) is 0 Å². The Kier molecular flexibility index (Phi) is 4.09. The zero-order chi connectivity index (χ0) is 17.4. The molecule has 3 aromatic rings. The van der Waals surface area contributed by atoms with Crippen molar-refractivity contribution in [2.75, 3.05) is 6.54 Å². The van der Waals surface area contributed by atoms with Crippen LogP contribution in [0.15, 0.2) is 36.1 Å². The van der Waals surface area contributed by atoms with Crippen LogP contribution < -0.4 is 0 Å². The molecule has 3 aromatic heterocycles. The highest BCUT2D eigenvalue weighted by atomic mass is 32.1. The first-order valence-electron chi connectivity index (χ1n) is 8.33. The smallest absolute Gasteiger partial charge is 0.266 e. The van der Waals surface area contributed by atoms with E-state index in [1.807, 2.05) is 47.7 Å². The van der Waals surface area contributed by atoms with Crippen LogP contribution in [-0.2, 0) is 0 Å². The van der Waals surface area contributed by atoms with Crippen LogP contribution in [0, 0.1) is 13.8 Å². The number of aryl methyl sites for hydroxylation is 2. The minimum absolute atomic E-state index is 0.0118. The van der Waals surface area contributed by atoms with Gasteiger partial charge in [-0.25, -0.2) is 15.0 Å². The second kappa shape index (κ2) is 6.40. The van der Waals surface area contributed by atoms with Gasteiger partial charge in [0, 0.05) is 18.9 Å². The third-order valence-electron chi connectivity index (χ3n) is 4.62. The van der Waals surface area contributed by atoms with Crippen LogP contribution in [0.5, 0.6) is 0 Å². The fourth-order valence-corrected chi connectivity index (χ4v) is 4.09. The van der Waals surface area contributed by atoms with E-state index in [4.69, 9.17) is 4.98 Å². The molecule has 0 aromatic carbocycles. The molecule has 1 fully saturated rings. The molecule has 0 bridgehead atoms. The molecule has 4 heterocycles. The van der Waals surface area contributed by atoms with Gasteiger partial charge < -0.3 is 4.90 Å². The van der Waals surface area contributed by atoms with E-state index >= 15 is 0 Å². The highest BCUT2D eigenvalue weighted by molar-refractivity contribution is 7.11. The van der Waals surface area contributed by atoms with E-state index in [2.05, 4.69) is 9.97 Å². The zero-order valence-corrected chi connectivity index (χ0v) is 15.0. The maximum absolute atomic E-state index is 12.9. The standard InChI is InChI=1S/C18H19N5OS/c1-12-17(25-11-20-12)18(24)23-9-4-6-15(23)14-5-3-7-16(21-14)22-10-8-19-13(22)2/h3,5,7-8,10-11,15H,4,6,9H2,1-2H3. The molecule has 0 radical (unpaired) electrons. The van der Waals surface area contributed by atoms with Crippen molar-refractivity contribution in [1.82, 2.24) is 24.4 Å². The molecule has 1 aliphatic heterocycles. The lowest BCUT2D eigenvalue weighted by Crippen LogP contribution is -2.31. The van der Waals surface area contributed by atoms with Crippen molar-refractivity contribution < 1.29 is 4.79 Å². The van der Waals surface area contributed by atoms with E-state index in [0.717, 1.165) is 47.3 Å². The predicted octanol–water partition coefficient (Wildman–Crippen LogP) is 3.32. The van der Waals surface area contributed by atoms with Crippen LogP contribution in [-0.4, -0.2) is 36.9 Å². The number of nitrogens with zero attached hydrogens (tertiary/aromatic N) is 5. The molecular weight excluding hydrogens is 334 g/mol. The molecule has 25 heavy (non-hydrogen) atoms. The van der Waals surface area contributed by atoms with Gasteiger partial charge in [-0.2, -0.15) is 0 Å². The van der Waals surface area contributed by atoms with Crippen LogP contribution in [0.1, 0.15) is 45.8 Å². The Morgan fingerprint density at radius 3 is 2.88 bits per heavy atom. The maximum Gasteiger partial charge on any atom is 0.266 e. The molecule has 7 heteroatoms. The quantitative estimate of drug-likeness (QED) is 0.725. The summed E-state index contributed by atoms with van der Waals surface area (Å²) in [6.45, 7) is 4.60. The lowest BCUT2D eigenvalue weighted by atomic mass is 10.1. The van der Waals surface area contributed by atoms with Crippen LogP contribution in [0.25, 0.3) is 5.82 Å². The van der Waals surface area contributed by atoms with Gasteiger partial charge in [0.15, 0.2) is 0 Å². The maximum atomic E-state index is 12.9. The summed E-state index contributed by atoms with van der Waals surface area (Å²) in [6, 6.07) is 5.98. The second-order valence-corrected chi connectivity index (χ2v) is 7.04. The van der Waals surface area contributed by atoms with Gasteiger partial charge in [0.2, 0.25) is 0 Å². The number of pyridine rings is 1. The molecule has 1 atom stereocenters. The average molecular weight is 353 g/mol. The first kappa shape index (κ1) is 16.0. The van der Waals surface area contributed by atoms with Gasteiger partial charge in [-0.1, -0.05) is 6.07 Å². The molecule has 0 spiro atoms. The normalized spacial score (nSPS) is 17.2. The summed E-state index contributed by atoms with van der Waals surface area (Å²) in [5, 5.41) is 0.